The summed E-state index contributed by atoms with van der Waals surface area (Å²) in [6.07, 6.45) is 0.0840. The van der Waals surface area contributed by atoms with Crippen molar-refractivity contribution in [1.82, 2.24) is 10.6 Å². The number of carbonyl (C=O) groups excluding carboxylic acids is 1. The average molecular weight is 216 g/mol. The third-order valence-electron chi connectivity index (χ3n) is 2.11. The topological polar surface area (TPSA) is 78.4 Å². The Labute approximate surface area is 90.2 Å². The van der Waals surface area contributed by atoms with Gasteiger partial charge in [0.15, 0.2) is 0 Å². The van der Waals surface area contributed by atoms with E-state index in [1.54, 1.807) is 14.0 Å². The van der Waals surface area contributed by atoms with Crippen molar-refractivity contribution < 1.29 is 14.7 Å². The molecule has 15 heavy (non-hydrogen) atoms. The number of aliphatic carboxylic acids is 1. The Morgan fingerprint density at radius 2 is 1.87 bits per heavy atom. The van der Waals surface area contributed by atoms with Gasteiger partial charge in [0.2, 0.25) is 5.91 Å². The lowest BCUT2D eigenvalue weighted by atomic mass is 10.1. The van der Waals surface area contributed by atoms with Crippen LogP contribution < -0.4 is 10.6 Å². The molecule has 0 fully saturated rings. The molecule has 2 atom stereocenters. The van der Waals surface area contributed by atoms with Crippen LogP contribution in [-0.2, 0) is 9.59 Å². The van der Waals surface area contributed by atoms with Crippen LogP contribution in [0.4, 0.5) is 0 Å². The Balaban J connectivity index is 3.74. The largest absolute Gasteiger partial charge is 0.481 e. The van der Waals surface area contributed by atoms with Crippen molar-refractivity contribution in [3.05, 3.63) is 0 Å². The number of carbonyl (C=O) groups is 2. The van der Waals surface area contributed by atoms with Crippen LogP contribution in [0, 0.1) is 11.8 Å². The van der Waals surface area contributed by atoms with E-state index in [9.17, 15) is 9.59 Å². The predicted molar refractivity (Wildman–Crippen MR) is 57.5 cm³/mol. The number of nitrogens with one attached hydrogen (secondary N) is 2. The van der Waals surface area contributed by atoms with Crippen molar-refractivity contribution in [2.45, 2.75) is 20.3 Å². The van der Waals surface area contributed by atoms with Crippen LogP contribution in [0.5, 0.6) is 0 Å². The Morgan fingerprint density at radius 1 is 1.27 bits per heavy atom. The first-order valence-electron chi connectivity index (χ1n) is 5.11. The van der Waals surface area contributed by atoms with E-state index >= 15 is 0 Å². The molecule has 5 heteroatoms. The van der Waals surface area contributed by atoms with Crippen molar-refractivity contribution >= 4 is 11.9 Å². The van der Waals surface area contributed by atoms with E-state index in [4.69, 9.17) is 5.11 Å². The van der Waals surface area contributed by atoms with E-state index in [2.05, 4.69) is 10.6 Å². The molecule has 1 amide bonds. The zero-order valence-corrected chi connectivity index (χ0v) is 9.54. The standard InChI is InChI=1S/C10H20N2O3/c1-7(4-9(13)14)5-12-10(15)8(2)6-11-3/h7-8,11H,4-6H2,1-3H3,(H,12,15)(H,13,14). The first-order valence-corrected chi connectivity index (χ1v) is 5.11. The quantitative estimate of drug-likeness (QED) is 0.562. The lowest BCUT2D eigenvalue weighted by Gasteiger charge is -2.14. The normalized spacial score (nSPS) is 14.3. The molecule has 3 N–H and O–H groups in total. The predicted octanol–water partition coefficient (Wildman–Crippen LogP) is 0.0689. The van der Waals surface area contributed by atoms with Crippen LogP contribution in [-0.4, -0.2) is 37.1 Å². The summed E-state index contributed by atoms with van der Waals surface area (Å²) in [6.45, 7) is 4.67. The summed E-state index contributed by atoms with van der Waals surface area (Å²) in [5.41, 5.74) is 0. The highest BCUT2D eigenvalue weighted by Gasteiger charge is 2.13. The molecule has 0 radical (unpaired) electrons. The molecule has 0 aromatic rings. The molecule has 0 aromatic heterocycles. The molecule has 88 valence electrons. The van der Waals surface area contributed by atoms with E-state index in [0.29, 0.717) is 13.1 Å². The number of hydrogen-bond acceptors (Lipinski definition) is 3. The minimum Gasteiger partial charge on any atom is -0.481 e. The second kappa shape index (κ2) is 7.23. The first kappa shape index (κ1) is 13.9. The zero-order valence-electron chi connectivity index (χ0n) is 9.54. The molecule has 0 rings (SSSR count). The summed E-state index contributed by atoms with van der Waals surface area (Å²) in [4.78, 5) is 21.8. The number of amides is 1. The summed E-state index contributed by atoms with van der Waals surface area (Å²) < 4.78 is 0. The Kier molecular flexibility index (Phi) is 6.70. The van der Waals surface area contributed by atoms with Gasteiger partial charge in [0.25, 0.3) is 0 Å². The monoisotopic (exact) mass is 216 g/mol. The molecular formula is C10H20N2O3. The third kappa shape index (κ3) is 6.90. The molecule has 0 heterocycles. The van der Waals surface area contributed by atoms with Crippen LogP contribution >= 0.6 is 0 Å². The molecule has 0 aliphatic carbocycles. The van der Waals surface area contributed by atoms with Crippen molar-refractivity contribution in [3.8, 4) is 0 Å². The molecule has 0 aromatic carbocycles. The van der Waals surface area contributed by atoms with Gasteiger partial charge >= 0.3 is 5.97 Å². The van der Waals surface area contributed by atoms with Crippen molar-refractivity contribution in [2.75, 3.05) is 20.1 Å². The van der Waals surface area contributed by atoms with Crippen LogP contribution in [0.3, 0.4) is 0 Å². The van der Waals surface area contributed by atoms with Gasteiger partial charge in [0, 0.05) is 25.4 Å². The number of carboxylic acid groups (broad SMARTS) is 1. The molecule has 0 spiro atoms. The fourth-order valence-corrected chi connectivity index (χ4v) is 1.22. The summed E-state index contributed by atoms with van der Waals surface area (Å²) in [5.74, 6) is -0.998. The lowest BCUT2D eigenvalue weighted by Crippen LogP contribution is -2.36. The van der Waals surface area contributed by atoms with Crippen LogP contribution in [0.25, 0.3) is 0 Å². The summed E-state index contributed by atoms with van der Waals surface area (Å²) in [6, 6.07) is 0. The highest BCUT2D eigenvalue weighted by molar-refractivity contribution is 5.78. The van der Waals surface area contributed by atoms with Crippen LogP contribution in [0.1, 0.15) is 20.3 Å². The maximum atomic E-state index is 11.4. The smallest absolute Gasteiger partial charge is 0.303 e. The van der Waals surface area contributed by atoms with Gasteiger partial charge in [-0.15, -0.1) is 0 Å². The van der Waals surface area contributed by atoms with Crippen molar-refractivity contribution in [2.24, 2.45) is 11.8 Å². The van der Waals surface area contributed by atoms with Crippen molar-refractivity contribution in [3.63, 3.8) is 0 Å². The maximum absolute atomic E-state index is 11.4. The minimum atomic E-state index is -0.833. The second-order valence-corrected chi connectivity index (χ2v) is 3.91. The average Bonchev–Trinajstić information content (AvgIpc) is 2.13. The van der Waals surface area contributed by atoms with Gasteiger partial charge in [-0.05, 0) is 13.0 Å². The fourth-order valence-electron chi connectivity index (χ4n) is 1.22. The van der Waals surface area contributed by atoms with Gasteiger partial charge in [-0.3, -0.25) is 9.59 Å². The summed E-state index contributed by atoms with van der Waals surface area (Å²) in [7, 11) is 1.79. The fraction of sp³-hybridized carbons (Fsp3) is 0.800. The second-order valence-electron chi connectivity index (χ2n) is 3.91. The van der Waals surface area contributed by atoms with Gasteiger partial charge in [-0.1, -0.05) is 13.8 Å². The summed E-state index contributed by atoms with van der Waals surface area (Å²) >= 11 is 0. The van der Waals surface area contributed by atoms with Gasteiger partial charge in [-0.2, -0.15) is 0 Å². The summed E-state index contributed by atoms with van der Waals surface area (Å²) in [5, 5.41) is 14.2. The Morgan fingerprint density at radius 3 is 2.33 bits per heavy atom. The SMILES string of the molecule is CNCC(C)C(=O)NCC(C)CC(=O)O. The number of hydrogen-bond donors (Lipinski definition) is 3. The Bertz CT molecular complexity index is 219. The molecule has 0 bridgehead atoms. The highest BCUT2D eigenvalue weighted by Crippen LogP contribution is 2.00. The van der Waals surface area contributed by atoms with E-state index in [-0.39, 0.29) is 24.2 Å². The van der Waals surface area contributed by atoms with Crippen LogP contribution in [0.15, 0.2) is 0 Å². The van der Waals surface area contributed by atoms with Gasteiger partial charge in [0.05, 0.1) is 0 Å². The van der Waals surface area contributed by atoms with Gasteiger partial charge < -0.3 is 15.7 Å². The lowest BCUT2D eigenvalue weighted by molar-refractivity contribution is -0.138. The molecule has 5 nitrogen and oxygen atoms in total. The third-order valence-corrected chi connectivity index (χ3v) is 2.11. The number of carboxylic acids is 1. The van der Waals surface area contributed by atoms with Crippen LogP contribution in [0.2, 0.25) is 0 Å². The molecular weight excluding hydrogens is 196 g/mol. The zero-order chi connectivity index (χ0) is 11.8. The molecule has 2 unspecified atom stereocenters. The minimum absolute atomic E-state index is 0.0340. The van der Waals surface area contributed by atoms with E-state index in [1.165, 1.54) is 0 Å². The molecule has 0 saturated carbocycles. The van der Waals surface area contributed by atoms with Gasteiger partial charge in [-0.25, -0.2) is 0 Å². The molecule has 0 aliphatic heterocycles. The first-order chi connectivity index (χ1) is 6.97. The van der Waals surface area contributed by atoms with E-state index in [1.807, 2.05) is 6.92 Å². The molecule has 0 aliphatic rings. The number of rotatable bonds is 7. The Hall–Kier alpha value is -1.10. The van der Waals surface area contributed by atoms with Crippen molar-refractivity contribution in [1.29, 1.82) is 0 Å². The van der Waals surface area contributed by atoms with E-state index in [0.717, 1.165) is 0 Å². The highest BCUT2D eigenvalue weighted by atomic mass is 16.4. The maximum Gasteiger partial charge on any atom is 0.303 e. The molecule has 0 saturated heterocycles. The van der Waals surface area contributed by atoms with E-state index < -0.39 is 5.97 Å². The van der Waals surface area contributed by atoms with Gasteiger partial charge in [0.1, 0.15) is 0 Å².